The third kappa shape index (κ3) is 1.48. The molecule has 0 atom stereocenters. The van der Waals surface area contributed by atoms with E-state index in [-0.39, 0.29) is 5.56 Å². The van der Waals surface area contributed by atoms with Crippen molar-refractivity contribution in [2.45, 2.75) is 0 Å². The zero-order chi connectivity index (χ0) is 11.8. The quantitative estimate of drug-likeness (QED) is 0.706. The molecule has 0 aliphatic heterocycles. The number of nitrogens with one attached hydrogen (secondary N) is 1. The molecule has 1 aromatic carbocycles. The van der Waals surface area contributed by atoms with Crippen LogP contribution < -0.4 is 0 Å². The third-order valence-electron chi connectivity index (χ3n) is 2.58. The first-order valence-corrected chi connectivity index (χ1v) is 5.00. The maximum atomic E-state index is 11.2. The van der Waals surface area contributed by atoms with E-state index in [1.807, 2.05) is 0 Å². The first kappa shape index (κ1) is 9.65. The Kier molecular flexibility index (Phi) is 1.98. The van der Waals surface area contributed by atoms with E-state index in [0.717, 1.165) is 5.52 Å². The van der Waals surface area contributed by atoms with Gasteiger partial charge in [0.25, 0.3) is 0 Å². The van der Waals surface area contributed by atoms with Crippen LogP contribution in [-0.4, -0.2) is 21.0 Å². The summed E-state index contributed by atoms with van der Waals surface area (Å²) in [4.78, 5) is 18.2. The third-order valence-corrected chi connectivity index (χ3v) is 2.58. The Labute approximate surface area is 95.7 Å². The van der Waals surface area contributed by atoms with Crippen molar-refractivity contribution in [3.05, 3.63) is 42.4 Å². The number of carbonyl (C=O) groups is 1. The molecule has 84 valence electrons. The van der Waals surface area contributed by atoms with Gasteiger partial charge in [-0.3, -0.25) is 0 Å². The van der Waals surface area contributed by atoms with E-state index in [1.54, 1.807) is 18.2 Å². The number of hydrogen-bond donors (Lipinski definition) is 2. The first-order valence-electron chi connectivity index (χ1n) is 5.00. The van der Waals surface area contributed by atoms with E-state index in [4.69, 9.17) is 4.42 Å². The number of nitrogens with zero attached hydrogens (tertiary/aromatic N) is 1. The van der Waals surface area contributed by atoms with Gasteiger partial charge in [0.15, 0.2) is 0 Å². The lowest BCUT2D eigenvalue weighted by Crippen LogP contribution is -1.99. The minimum atomic E-state index is -0.999. The summed E-state index contributed by atoms with van der Waals surface area (Å²) in [6.45, 7) is 0. The summed E-state index contributed by atoms with van der Waals surface area (Å²) in [6.07, 6.45) is 3.04. The highest BCUT2D eigenvalue weighted by Gasteiger charge is 2.15. The number of furan rings is 1. The van der Waals surface area contributed by atoms with Crippen LogP contribution in [0, 0.1) is 0 Å². The van der Waals surface area contributed by atoms with Gasteiger partial charge in [0.1, 0.15) is 5.76 Å². The number of carboxylic acid groups (broad SMARTS) is 1. The molecule has 3 rings (SSSR count). The normalized spacial score (nSPS) is 10.8. The van der Waals surface area contributed by atoms with Crippen molar-refractivity contribution in [3.8, 4) is 11.3 Å². The van der Waals surface area contributed by atoms with Crippen molar-refractivity contribution in [1.29, 1.82) is 0 Å². The van der Waals surface area contributed by atoms with E-state index in [9.17, 15) is 9.90 Å². The predicted octanol–water partition coefficient (Wildman–Crippen LogP) is 2.52. The Morgan fingerprint density at radius 3 is 3.00 bits per heavy atom. The molecule has 0 saturated heterocycles. The summed E-state index contributed by atoms with van der Waals surface area (Å²) in [7, 11) is 0. The van der Waals surface area contributed by atoms with E-state index >= 15 is 0 Å². The second-order valence-corrected chi connectivity index (χ2v) is 3.60. The summed E-state index contributed by atoms with van der Waals surface area (Å²) in [6, 6.07) is 6.71. The number of aromatic amines is 1. The summed E-state index contributed by atoms with van der Waals surface area (Å²) >= 11 is 0. The van der Waals surface area contributed by atoms with E-state index in [2.05, 4.69) is 9.97 Å². The number of fused-ring (bicyclic) bond motifs is 1. The Morgan fingerprint density at radius 1 is 1.41 bits per heavy atom. The van der Waals surface area contributed by atoms with Gasteiger partial charge in [-0.05, 0) is 24.3 Å². The van der Waals surface area contributed by atoms with Crippen molar-refractivity contribution in [1.82, 2.24) is 9.97 Å². The van der Waals surface area contributed by atoms with Crippen LogP contribution in [0.2, 0.25) is 0 Å². The van der Waals surface area contributed by atoms with Crippen molar-refractivity contribution in [2.24, 2.45) is 0 Å². The zero-order valence-corrected chi connectivity index (χ0v) is 8.68. The number of aromatic nitrogens is 2. The van der Waals surface area contributed by atoms with Gasteiger partial charge in [-0.15, -0.1) is 0 Å². The molecule has 0 aliphatic rings. The maximum Gasteiger partial charge on any atom is 0.336 e. The SMILES string of the molecule is O=C(O)c1cc2nc[nH]c2cc1-c1ccco1. The Hall–Kier alpha value is -2.56. The number of imidazole rings is 1. The van der Waals surface area contributed by atoms with Gasteiger partial charge in [0.2, 0.25) is 0 Å². The van der Waals surface area contributed by atoms with Gasteiger partial charge in [-0.1, -0.05) is 0 Å². The number of H-pyrrole nitrogens is 1. The Bertz CT molecular complexity index is 683. The van der Waals surface area contributed by atoms with Crippen LogP contribution in [0.1, 0.15) is 10.4 Å². The minimum Gasteiger partial charge on any atom is -0.478 e. The minimum absolute atomic E-state index is 0.180. The standard InChI is InChI=1S/C12H8N2O3/c15-12(16)8-5-10-9(13-6-14-10)4-7(8)11-2-1-3-17-11/h1-6H,(H,13,14)(H,15,16). The molecule has 17 heavy (non-hydrogen) atoms. The molecule has 0 fully saturated rings. The average Bonchev–Trinajstić information content (AvgIpc) is 2.98. The van der Waals surface area contributed by atoms with Crippen molar-refractivity contribution in [3.63, 3.8) is 0 Å². The molecule has 0 bridgehead atoms. The molecule has 0 unspecified atom stereocenters. The second-order valence-electron chi connectivity index (χ2n) is 3.60. The van der Waals surface area contributed by atoms with Crippen LogP contribution in [0.3, 0.4) is 0 Å². The molecule has 0 radical (unpaired) electrons. The number of carboxylic acids is 1. The molecular formula is C12H8N2O3. The maximum absolute atomic E-state index is 11.2. The highest BCUT2D eigenvalue weighted by Crippen LogP contribution is 2.27. The monoisotopic (exact) mass is 228 g/mol. The molecule has 0 amide bonds. The number of aromatic carboxylic acids is 1. The Balaban J connectivity index is 2.34. The summed E-state index contributed by atoms with van der Waals surface area (Å²) in [5.41, 5.74) is 2.12. The summed E-state index contributed by atoms with van der Waals surface area (Å²) in [5.74, 6) is -0.472. The molecule has 5 nitrogen and oxygen atoms in total. The highest BCUT2D eigenvalue weighted by atomic mass is 16.4. The van der Waals surface area contributed by atoms with Gasteiger partial charge < -0.3 is 14.5 Å². The highest BCUT2D eigenvalue weighted by molar-refractivity contribution is 6.00. The second kappa shape index (κ2) is 3.48. The summed E-state index contributed by atoms with van der Waals surface area (Å²) < 4.78 is 5.24. The van der Waals surface area contributed by atoms with E-state index in [0.29, 0.717) is 16.8 Å². The van der Waals surface area contributed by atoms with E-state index < -0.39 is 5.97 Å². The lowest BCUT2D eigenvalue weighted by atomic mass is 10.0. The lowest BCUT2D eigenvalue weighted by Gasteiger charge is -2.03. The van der Waals surface area contributed by atoms with Crippen LogP contribution in [0.5, 0.6) is 0 Å². The van der Waals surface area contributed by atoms with Gasteiger partial charge in [0.05, 0.1) is 29.2 Å². The molecule has 2 heterocycles. The fraction of sp³-hybridized carbons (Fsp3) is 0. The molecule has 3 aromatic rings. The smallest absolute Gasteiger partial charge is 0.336 e. The van der Waals surface area contributed by atoms with Gasteiger partial charge >= 0.3 is 5.97 Å². The van der Waals surface area contributed by atoms with Crippen molar-refractivity contribution in [2.75, 3.05) is 0 Å². The van der Waals surface area contributed by atoms with Crippen LogP contribution in [0.4, 0.5) is 0 Å². The van der Waals surface area contributed by atoms with Crippen molar-refractivity contribution >= 4 is 17.0 Å². The molecule has 2 aromatic heterocycles. The van der Waals surface area contributed by atoms with Crippen LogP contribution in [-0.2, 0) is 0 Å². The number of rotatable bonds is 2. The molecule has 0 saturated carbocycles. The molecule has 2 N–H and O–H groups in total. The van der Waals surface area contributed by atoms with Gasteiger partial charge in [0, 0.05) is 5.56 Å². The molecule has 0 aliphatic carbocycles. The average molecular weight is 228 g/mol. The predicted molar refractivity (Wildman–Crippen MR) is 60.8 cm³/mol. The fourth-order valence-corrected chi connectivity index (χ4v) is 1.79. The lowest BCUT2D eigenvalue weighted by molar-refractivity contribution is 0.0697. The van der Waals surface area contributed by atoms with Crippen LogP contribution in [0.25, 0.3) is 22.4 Å². The Morgan fingerprint density at radius 2 is 2.29 bits per heavy atom. The van der Waals surface area contributed by atoms with E-state index in [1.165, 1.54) is 18.7 Å². The molecule has 0 spiro atoms. The number of hydrogen-bond acceptors (Lipinski definition) is 3. The van der Waals surface area contributed by atoms with Gasteiger partial charge in [-0.2, -0.15) is 0 Å². The zero-order valence-electron chi connectivity index (χ0n) is 8.68. The van der Waals surface area contributed by atoms with Crippen molar-refractivity contribution < 1.29 is 14.3 Å². The van der Waals surface area contributed by atoms with Gasteiger partial charge in [-0.25, -0.2) is 9.78 Å². The van der Waals surface area contributed by atoms with Crippen LogP contribution >= 0.6 is 0 Å². The fourth-order valence-electron chi connectivity index (χ4n) is 1.79. The number of benzene rings is 1. The largest absolute Gasteiger partial charge is 0.478 e. The topological polar surface area (TPSA) is 79.1 Å². The molecule has 5 heteroatoms. The molecular weight excluding hydrogens is 220 g/mol. The summed E-state index contributed by atoms with van der Waals surface area (Å²) in [5, 5.41) is 9.18. The van der Waals surface area contributed by atoms with Crippen LogP contribution in [0.15, 0.2) is 41.3 Å². The first-order chi connectivity index (χ1) is 8.25.